The van der Waals surface area contributed by atoms with Crippen molar-refractivity contribution in [3.63, 3.8) is 0 Å². The van der Waals surface area contributed by atoms with Crippen molar-refractivity contribution in [2.24, 2.45) is 0 Å². The Bertz CT molecular complexity index is 424. The average molecular weight is 286 g/mol. The third kappa shape index (κ3) is 3.14. The summed E-state index contributed by atoms with van der Waals surface area (Å²) in [6.07, 6.45) is 5.76. The number of nitrogens with one attached hydrogen (secondary N) is 1. The highest BCUT2D eigenvalue weighted by molar-refractivity contribution is 7.85. The summed E-state index contributed by atoms with van der Waals surface area (Å²) in [6.45, 7) is 0. The summed E-state index contributed by atoms with van der Waals surface area (Å²) in [5, 5.41) is 4.13. The number of hydrogen-bond acceptors (Lipinski definition) is 2. The van der Waals surface area contributed by atoms with E-state index in [0.717, 1.165) is 17.7 Å². The standard InChI is InChI=1S/C14H20ClNOS/c1-16-12-8-3-2-4-10-14(12)18(17)13-9-6-5-7-11(13)15/h5-7,9,12,14,16H,2-4,8,10H2,1H3. The fourth-order valence-corrected chi connectivity index (χ4v) is 4.75. The molecule has 18 heavy (non-hydrogen) atoms. The molecule has 0 radical (unpaired) electrons. The Balaban J connectivity index is 2.23. The second-order valence-corrected chi connectivity index (χ2v) is 6.85. The lowest BCUT2D eigenvalue weighted by molar-refractivity contribution is 0.500. The van der Waals surface area contributed by atoms with Crippen LogP contribution in [0.25, 0.3) is 0 Å². The lowest BCUT2D eigenvalue weighted by atomic mass is 10.1. The van der Waals surface area contributed by atoms with Crippen molar-refractivity contribution in [1.82, 2.24) is 5.32 Å². The molecule has 1 aliphatic carbocycles. The molecule has 2 nitrogen and oxygen atoms in total. The number of halogens is 1. The van der Waals surface area contributed by atoms with Crippen molar-refractivity contribution in [3.05, 3.63) is 29.3 Å². The molecule has 0 amide bonds. The molecule has 100 valence electrons. The molecule has 0 heterocycles. The first-order valence-electron chi connectivity index (χ1n) is 6.56. The van der Waals surface area contributed by atoms with E-state index in [4.69, 9.17) is 11.6 Å². The molecule has 0 saturated heterocycles. The SMILES string of the molecule is CNC1CCCCCC1S(=O)c1ccccc1Cl. The van der Waals surface area contributed by atoms with Crippen molar-refractivity contribution in [1.29, 1.82) is 0 Å². The molecule has 1 N–H and O–H groups in total. The summed E-state index contributed by atoms with van der Waals surface area (Å²) >= 11 is 6.16. The predicted octanol–water partition coefficient (Wildman–Crippen LogP) is 3.37. The molecule has 2 rings (SSSR count). The van der Waals surface area contributed by atoms with Crippen LogP contribution in [0.15, 0.2) is 29.2 Å². The minimum Gasteiger partial charge on any atom is -0.316 e. The van der Waals surface area contributed by atoms with Gasteiger partial charge in [-0.25, -0.2) is 0 Å². The van der Waals surface area contributed by atoms with Crippen LogP contribution in [0, 0.1) is 0 Å². The summed E-state index contributed by atoms with van der Waals surface area (Å²) in [5.74, 6) is 0. The van der Waals surface area contributed by atoms with Gasteiger partial charge in [0.05, 0.1) is 26.0 Å². The zero-order valence-electron chi connectivity index (χ0n) is 10.7. The molecule has 3 unspecified atom stereocenters. The lowest BCUT2D eigenvalue weighted by Crippen LogP contribution is -2.39. The normalized spacial score (nSPS) is 26.6. The van der Waals surface area contributed by atoms with Gasteiger partial charge in [-0.1, -0.05) is 43.0 Å². The van der Waals surface area contributed by atoms with Gasteiger partial charge in [0, 0.05) is 6.04 Å². The quantitative estimate of drug-likeness (QED) is 0.863. The molecule has 1 aromatic carbocycles. The van der Waals surface area contributed by atoms with E-state index in [1.807, 2.05) is 31.3 Å². The van der Waals surface area contributed by atoms with Crippen LogP contribution in [0.5, 0.6) is 0 Å². The van der Waals surface area contributed by atoms with Gasteiger partial charge in [0.15, 0.2) is 0 Å². The van der Waals surface area contributed by atoms with Gasteiger partial charge in [-0.2, -0.15) is 0 Å². The van der Waals surface area contributed by atoms with Crippen LogP contribution in [-0.4, -0.2) is 22.5 Å². The molecule has 0 aliphatic heterocycles. The Morgan fingerprint density at radius 1 is 1.22 bits per heavy atom. The molecular weight excluding hydrogens is 266 g/mol. The minimum atomic E-state index is -1.02. The van der Waals surface area contributed by atoms with Crippen LogP contribution in [0.3, 0.4) is 0 Å². The van der Waals surface area contributed by atoms with Crippen LogP contribution in [-0.2, 0) is 10.8 Å². The van der Waals surface area contributed by atoms with Crippen LogP contribution in [0.2, 0.25) is 5.02 Å². The highest BCUT2D eigenvalue weighted by atomic mass is 35.5. The molecule has 3 atom stereocenters. The molecule has 4 heteroatoms. The Labute approximate surface area is 117 Å². The first kappa shape index (κ1) is 14.0. The summed E-state index contributed by atoms with van der Waals surface area (Å²) in [6, 6.07) is 7.83. The molecule has 0 aromatic heterocycles. The Morgan fingerprint density at radius 3 is 2.67 bits per heavy atom. The van der Waals surface area contributed by atoms with Crippen molar-refractivity contribution < 1.29 is 4.21 Å². The van der Waals surface area contributed by atoms with Crippen LogP contribution < -0.4 is 5.32 Å². The third-order valence-electron chi connectivity index (χ3n) is 3.65. The summed E-state index contributed by atoms with van der Waals surface area (Å²) in [7, 11) is 0.948. The molecule has 1 fully saturated rings. The zero-order valence-corrected chi connectivity index (χ0v) is 12.3. The molecule has 0 spiro atoms. The van der Waals surface area contributed by atoms with Gasteiger partial charge in [-0.15, -0.1) is 0 Å². The molecular formula is C14H20ClNOS. The summed E-state index contributed by atoms with van der Waals surface area (Å²) in [5.41, 5.74) is 0. The molecule has 1 aliphatic rings. The zero-order chi connectivity index (χ0) is 13.0. The Kier molecular flexibility index (Phi) is 5.22. The van der Waals surface area contributed by atoms with Crippen LogP contribution in [0.4, 0.5) is 0 Å². The lowest BCUT2D eigenvalue weighted by Gasteiger charge is -2.24. The second kappa shape index (κ2) is 6.69. The minimum absolute atomic E-state index is 0.178. The van der Waals surface area contributed by atoms with Gasteiger partial charge in [-0.3, -0.25) is 4.21 Å². The van der Waals surface area contributed by atoms with E-state index in [0.29, 0.717) is 11.1 Å². The van der Waals surface area contributed by atoms with E-state index in [-0.39, 0.29) is 5.25 Å². The van der Waals surface area contributed by atoms with Crippen molar-refractivity contribution in [2.45, 2.75) is 48.3 Å². The smallest absolute Gasteiger partial charge is 0.0591 e. The van der Waals surface area contributed by atoms with Crippen molar-refractivity contribution >= 4 is 22.4 Å². The van der Waals surface area contributed by atoms with E-state index in [2.05, 4.69) is 5.32 Å². The molecule has 1 aromatic rings. The van der Waals surface area contributed by atoms with Gasteiger partial charge >= 0.3 is 0 Å². The predicted molar refractivity (Wildman–Crippen MR) is 77.6 cm³/mol. The largest absolute Gasteiger partial charge is 0.316 e. The maximum atomic E-state index is 12.7. The monoisotopic (exact) mass is 285 g/mol. The Hall–Kier alpha value is -0.380. The first-order valence-corrected chi connectivity index (χ1v) is 8.15. The van der Waals surface area contributed by atoms with Gasteiger partial charge in [0.25, 0.3) is 0 Å². The highest BCUT2D eigenvalue weighted by Crippen LogP contribution is 2.28. The van der Waals surface area contributed by atoms with Crippen LogP contribution in [0.1, 0.15) is 32.1 Å². The Morgan fingerprint density at radius 2 is 1.94 bits per heavy atom. The van der Waals surface area contributed by atoms with Gasteiger partial charge in [0.1, 0.15) is 0 Å². The third-order valence-corrected chi connectivity index (χ3v) is 6.00. The van der Waals surface area contributed by atoms with Gasteiger partial charge in [0.2, 0.25) is 0 Å². The highest BCUT2D eigenvalue weighted by Gasteiger charge is 2.29. The van der Waals surface area contributed by atoms with E-state index in [1.165, 1.54) is 19.3 Å². The van der Waals surface area contributed by atoms with Crippen molar-refractivity contribution in [3.8, 4) is 0 Å². The number of rotatable bonds is 3. The maximum Gasteiger partial charge on any atom is 0.0591 e. The van der Waals surface area contributed by atoms with Crippen molar-refractivity contribution in [2.75, 3.05) is 7.05 Å². The fourth-order valence-electron chi connectivity index (χ4n) is 2.63. The van der Waals surface area contributed by atoms with E-state index >= 15 is 0 Å². The topological polar surface area (TPSA) is 29.1 Å². The number of benzene rings is 1. The second-order valence-electron chi connectivity index (χ2n) is 4.80. The van der Waals surface area contributed by atoms with E-state index in [1.54, 1.807) is 0 Å². The van der Waals surface area contributed by atoms with Crippen LogP contribution >= 0.6 is 11.6 Å². The maximum absolute atomic E-state index is 12.7. The summed E-state index contributed by atoms with van der Waals surface area (Å²) in [4.78, 5) is 0.784. The average Bonchev–Trinajstić information content (AvgIpc) is 2.63. The van der Waals surface area contributed by atoms with E-state index in [9.17, 15) is 4.21 Å². The fraction of sp³-hybridized carbons (Fsp3) is 0.571. The first-order chi connectivity index (χ1) is 8.74. The molecule has 1 saturated carbocycles. The van der Waals surface area contributed by atoms with E-state index < -0.39 is 10.8 Å². The summed E-state index contributed by atoms with van der Waals surface area (Å²) < 4.78 is 12.7. The molecule has 0 bridgehead atoms. The van der Waals surface area contributed by atoms with Gasteiger partial charge < -0.3 is 5.32 Å². The number of hydrogen-bond donors (Lipinski definition) is 1. The van der Waals surface area contributed by atoms with Gasteiger partial charge in [-0.05, 0) is 32.0 Å².